The van der Waals surface area contributed by atoms with Crippen LogP contribution in [0.4, 0.5) is 0 Å². The molecule has 2 fully saturated rings. The molecule has 3 rings (SSSR count). The molecule has 0 radical (unpaired) electrons. The van der Waals surface area contributed by atoms with Crippen LogP contribution in [0.1, 0.15) is 42.9 Å². The second-order valence-electron chi connectivity index (χ2n) is 4.85. The molecule has 2 aliphatic heterocycles. The maximum absolute atomic E-state index is 11.4. The number of sulfone groups is 1. The Balaban J connectivity index is 1.76. The summed E-state index contributed by atoms with van der Waals surface area (Å²) < 4.78 is 28.5. The van der Waals surface area contributed by atoms with Crippen molar-refractivity contribution in [2.24, 2.45) is 0 Å². The Kier molecular flexibility index (Phi) is 2.71. The van der Waals surface area contributed by atoms with Gasteiger partial charge < -0.3 is 9.73 Å². The summed E-state index contributed by atoms with van der Waals surface area (Å²) in [6.45, 7) is 1.00. The summed E-state index contributed by atoms with van der Waals surface area (Å²) in [6.07, 6.45) is 4.54. The van der Waals surface area contributed by atoms with E-state index in [0.717, 1.165) is 25.1 Å². The van der Waals surface area contributed by atoms with Crippen LogP contribution in [0.5, 0.6) is 0 Å². The van der Waals surface area contributed by atoms with Gasteiger partial charge in [0.25, 0.3) is 0 Å². The van der Waals surface area contributed by atoms with Crippen LogP contribution < -0.4 is 5.32 Å². The molecule has 2 aliphatic rings. The van der Waals surface area contributed by atoms with Crippen molar-refractivity contribution in [2.45, 2.75) is 31.2 Å². The van der Waals surface area contributed by atoms with E-state index in [-0.39, 0.29) is 23.5 Å². The van der Waals surface area contributed by atoms with Crippen molar-refractivity contribution in [3.05, 3.63) is 17.8 Å². The largest absolute Gasteiger partial charge is 0.444 e. The number of nitrogens with zero attached hydrogens (tertiary/aromatic N) is 1. The van der Waals surface area contributed by atoms with Crippen LogP contribution in [0.25, 0.3) is 0 Å². The minimum absolute atomic E-state index is 0.00246. The molecule has 1 N–H and O–H groups in total. The molecule has 94 valence electrons. The molecule has 5 nitrogen and oxygen atoms in total. The highest BCUT2D eigenvalue weighted by molar-refractivity contribution is 7.91. The van der Waals surface area contributed by atoms with Crippen molar-refractivity contribution >= 4 is 9.84 Å². The van der Waals surface area contributed by atoms with Crippen LogP contribution in [-0.2, 0) is 9.84 Å². The molecule has 0 aromatic carbocycles. The smallest absolute Gasteiger partial charge is 0.211 e. The summed E-state index contributed by atoms with van der Waals surface area (Å²) in [4.78, 5) is 4.27. The van der Waals surface area contributed by atoms with E-state index < -0.39 is 9.84 Å². The molecule has 2 unspecified atom stereocenters. The summed E-state index contributed by atoms with van der Waals surface area (Å²) in [6, 6.07) is 0.210. The molecule has 17 heavy (non-hydrogen) atoms. The van der Waals surface area contributed by atoms with Crippen LogP contribution in [0, 0.1) is 0 Å². The maximum atomic E-state index is 11.4. The van der Waals surface area contributed by atoms with E-state index in [9.17, 15) is 8.42 Å². The molecule has 0 saturated carbocycles. The predicted molar refractivity (Wildman–Crippen MR) is 62.5 cm³/mol. The van der Waals surface area contributed by atoms with Gasteiger partial charge in [0.1, 0.15) is 5.76 Å². The first-order valence-electron chi connectivity index (χ1n) is 6.03. The molecule has 2 atom stereocenters. The Morgan fingerprint density at radius 3 is 2.94 bits per heavy atom. The fourth-order valence-electron chi connectivity index (χ4n) is 2.57. The summed E-state index contributed by atoms with van der Waals surface area (Å²) in [5.41, 5.74) is 0. The lowest BCUT2D eigenvalue weighted by molar-refractivity contribution is 0.390. The number of hydrogen-bond donors (Lipinski definition) is 1. The van der Waals surface area contributed by atoms with Gasteiger partial charge in [0, 0.05) is 5.92 Å². The van der Waals surface area contributed by atoms with Crippen molar-refractivity contribution in [3.8, 4) is 0 Å². The number of rotatable bonds is 2. The van der Waals surface area contributed by atoms with Crippen molar-refractivity contribution < 1.29 is 12.8 Å². The Bertz CT molecular complexity index is 503. The third kappa shape index (κ3) is 2.24. The van der Waals surface area contributed by atoms with Crippen LogP contribution in [0.15, 0.2) is 10.6 Å². The lowest BCUT2D eigenvalue weighted by Crippen LogP contribution is -2.12. The summed E-state index contributed by atoms with van der Waals surface area (Å²) in [5.74, 6) is 1.92. The van der Waals surface area contributed by atoms with Gasteiger partial charge in [-0.25, -0.2) is 13.4 Å². The molecule has 0 bridgehead atoms. The minimum atomic E-state index is -2.86. The van der Waals surface area contributed by atoms with Crippen LogP contribution in [0.3, 0.4) is 0 Å². The zero-order valence-corrected chi connectivity index (χ0v) is 10.4. The molecule has 0 amide bonds. The number of oxazole rings is 1. The van der Waals surface area contributed by atoms with Gasteiger partial charge in [0.2, 0.25) is 5.89 Å². The number of aromatic nitrogens is 1. The van der Waals surface area contributed by atoms with E-state index in [1.54, 1.807) is 6.20 Å². The second kappa shape index (κ2) is 4.10. The van der Waals surface area contributed by atoms with Gasteiger partial charge in [-0.15, -0.1) is 0 Å². The van der Waals surface area contributed by atoms with Gasteiger partial charge in [-0.1, -0.05) is 0 Å². The molecule has 1 aromatic rings. The van der Waals surface area contributed by atoms with Crippen LogP contribution in [-0.4, -0.2) is 31.5 Å². The third-order valence-corrected chi connectivity index (χ3v) is 5.30. The fraction of sp³-hybridized carbons (Fsp3) is 0.727. The van der Waals surface area contributed by atoms with Crippen LogP contribution in [0.2, 0.25) is 0 Å². The van der Waals surface area contributed by atoms with E-state index in [4.69, 9.17) is 4.42 Å². The van der Waals surface area contributed by atoms with Crippen molar-refractivity contribution in [1.29, 1.82) is 0 Å². The summed E-state index contributed by atoms with van der Waals surface area (Å²) in [7, 11) is -2.86. The Hall–Kier alpha value is -0.880. The predicted octanol–water partition coefficient (Wildman–Crippen LogP) is 1.00. The molecule has 3 heterocycles. The minimum Gasteiger partial charge on any atom is -0.444 e. The first-order chi connectivity index (χ1) is 8.14. The Morgan fingerprint density at radius 2 is 2.29 bits per heavy atom. The highest BCUT2D eigenvalue weighted by atomic mass is 32.2. The van der Waals surface area contributed by atoms with E-state index in [1.165, 1.54) is 0 Å². The monoisotopic (exact) mass is 256 g/mol. The number of hydrogen-bond acceptors (Lipinski definition) is 5. The lowest BCUT2D eigenvalue weighted by Gasteiger charge is -2.05. The molecule has 0 spiro atoms. The van der Waals surface area contributed by atoms with E-state index >= 15 is 0 Å². The maximum Gasteiger partial charge on any atom is 0.211 e. The molecule has 0 aliphatic carbocycles. The Morgan fingerprint density at radius 1 is 1.41 bits per heavy atom. The van der Waals surface area contributed by atoms with Crippen molar-refractivity contribution in [2.75, 3.05) is 18.1 Å². The Labute approximate surface area is 101 Å². The van der Waals surface area contributed by atoms with E-state index in [1.807, 2.05) is 0 Å². The van der Waals surface area contributed by atoms with E-state index in [2.05, 4.69) is 10.3 Å². The zero-order chi connectivity index (χ0) is 11.9. The average molecular weight is 256 g/mol. The zero-order valence-electron chi connectivity index (χ0n) is 9.55. The molecule has 1 aromatic heterocycles. The quantitative estimate of drug-likeness (QED) is 0.854. The fourth-order valence-corrected chi connectivity index (χ4v) is 4.32. The van der Waals surface area contributed by atoms with Gasteiger partial charge >= 0.3 is 0 Å². The first-order valence-corrected chi connectivity index (χ1v) is 7.86. The summed E-state index contributed by atoms with van der Waals surface area (Å²) in [5, 5.41) is 3.32. The van der Waals surface area contributed by atoms with Gasteiger partial charge in [0.05, 0.1) is 23.7 Å². The third-order valence-electron chi connectivity index (χ3n) is 3.53. The highest BCUT2D eigenvalue weighted by Gasteiger charge is 2.32. The average Bonchev–Trinajstić information content (AvgIpc) is 2.93. The summed E-state index contributed by atoms with van der Waals surface area (Å²) >= 11 is 0. The molecular formula is C11H16N2O3S. The second-order valence-corrected chi connectivity index (χ2v) is 7.08. The van der Waals surface area contributed by atoms with Crippen molar-refractivity contribution in [1.82, 2.24) is 10.3 Å². The number of nitrogens with one attached hydrogen (secondary N) is 1. The standard InChI is InChI=1S/C11H16N2O3S/c14-17(15)5-3-8(7-17)10-6-13-11(16-10)9-2-1-4-12-9/h6,8-9,12H,1-5,7H2. The van der Waals surface area contributed by atoms with Gasteiger partial charge in [-0.3, -0.25) is 0 Å². The topological polar surface area (TPSA) is 72.2 Å². The molecule has 6 heteroatoms. The highest BCUT2D eigenvalue weighted by Crippen LogP contribution is 2.31. The van der Waals surface area contributed by atoms with Crippen LogP contribution >= 0.6 is 0 Å². The molecular weight excluding hydrogens is 240 g/mol. The van der Waals surface area contributed by atoms with Gasteiger partial charge in [-0.2, -0.15) is 0 Å². The normalized spacial score (nSPS) is 32.0. The first kappa shape index (κ1) is 11.2. The lowest BCUT2D eigenvalue weighted by atomic mass is 10.1. The van der Waals surface area contributed by atoms with E-state index in [0.29, 0.717) is 12.3 Å². The van der Waals surface area contributed by atoms with Gasteiger partial charge in [-0.05, 0) is 25.8 Å². The van der Waals surface area contributed by atoms with Gasteiger partial charge in [0.15, 0.2) is 9.84 Å². The SMILES string of the molecule is O=S1(=O)CCC(c2cnc(C3CCCN3)o2)C1. The molecule has 2 saturated heterocycles. The van der Waals surface area contributed by atoms with Crippen molar-refractivity contribution in [3.63, 3.8) is 0 Å².